The highest BCUT2D eigenvalue weighted by Gasteiger charge is 2.19. The minimum absolute atomic E-state index is 0.403. The summed E-state index contributed by atoms with van der Waals surface area (Å²) in [5, 5.41) is 0. The fourth-order valence-corrected chi connectivity index (χ4v) is 2.27. The third-order valence-electron chi connectivity index (χ3n) is 3.61. The summed E-state index contributed by atoms with van der Waals surface area (Å²) in [6, 6.07) is 9.36. The molecule has 2 atom stereocenters. The lowest BCUT2D eigenvalue weighted by atomic mass is 9.90. The van der Waals surface area contributed by atoms with Crippen molar-refractivity contribution < 1.29 is 0 Å². The highest BCUT2D eigenvalue weighted by Crippen LogP contribution is 2.23. The average molecular weight is 234 g/mol. The zero-order valence-corrected chi connectivity index (χ0v) is 11.8. The van der Waals surface area contributed by atoms with Crippen LogP contribution in [0.3, 0.4) is 0 Å². The Morgan fingerprint density at radius 1 is 1.00 bits per heavy atom. The molecular formula is C15H26N2. The summed E-state index contributed by atoms with van der Waals surface area (Å²) in [4.78, 5) is 2.21. The van der Waals surface area contributed by atoms with Crippen molar-refractivity contribution in [3.05, 3.63) is 35.4 Å². The third-order valence-corrected chi connectivity index (χ3v) is 3.61. The van der Waals surface area contributed by atoms with Gasteiger partial charge in [0.2, 0.25) is 0 Å². The molecule has 0 aliphatic heterocycles. The second kappa shape index (κ2) is 6.18. The van der Waals surface area contributed by atoms with Crippen molar-refractivity contribution in [2.75, 3.05) is 20.6 Å². The molecule has 0 spiro atoms. The molecule has 0 saturated heterocycles. The lowest BCUT2D eigenvalue weighted by Crippen LogP contribution is -2.39. The van der Waals surface area contributed by atoms with Gasteiger partial charge in [-0.25, -0.2) is 0 Å². The quantitative estimate of drug-likeness (QED) is 0.849. The first-order valence-electron chi connectivity index (χ1n) is 6.43. The van der Waals surface area contributed by atoms with Crippen LogP contribution < -0.4 is 5.73 Å². The number of nitrogens with two attached hydrogens (primary N) is 1. The third kappa shape index (κ3) is 3.55. The summed E-state index contributed by atoms with van der Waals surface area (Å²) in [6.07, 6.45) is 0. The van der Waals surface area contributed by atoms with Crippen LogP contribution in [0.4, 0.5) is 0 Å². The Hall–Kier alpha value is -0.860. The second-order valence-corrected chi connectivity index (χ2v) is 5.38. The zero-order valence-electron chi connectivity index (χ0n) is 11.8. The maximum Gasteiger partial charge on any atom is 0.0278 e. The van der Waals surface area contributed by atoms with Crippen LogP contribution in [0.25, 0.3) is 0 Å². The molecule has 0 amide bonds. The lowest BCUT2D eigenvalue weighted by molar-refractivity contribution is 0.267. The van der Waals surface area contributed by atoms with E-state index < -0.39 is 0 Å². The predicted octanol–water partition coefficient (Wildman–Crippen LogP) is 2.80. The van der Waals surface area contributed by atoms with Crippen LogP contribution in [0.2, 0.25) is 0 Å². The van der Waals surface area contributed by atoms with E-state index in [-0.39, 0.29) is 0 Å². The molecule has 0 aliphatic carbocycles. The molecule has 1 aromatic rings. The first-order chi connectivity index (χ1) is 7.97. The van der Waals surface area contributed by atoms with Crippen LogP contribution in [-0.2, 0) is 0 Å². The molecule has 2 heteroatoms. The molecule has 96 valence electrons. The lowest BCUT2D eigenvalue weighted by Gasteiger charge is -2.29. The van der Waals surface area contributed by atoms with E-state index in [1.54, 1.807) is 0 Å². The molecule has 2 unspecified atom stereocenters. The monoisotopic (exact) mass is 234 g/mol. The second-order valence-electron chi connectivity index (χ2n) is 5.38. The van der Waals surface area contributed by atoms with Gasteiger partial charge in [-0.15, -0.1) is 0 Å². The van der Waals surface area contributed by atoms with Gasteiger partial charge < -0.3 is 10.6 Å². The minimum Gasteiger partial charge on any atom is -0.329 e. The predicted molar refractivity (Wildman–Crippen MR) is 75.5 cm³/mol. The van der Waals surface area contributed by atoms with E-state index in [2.05, 4.69) is 64.0 Å². The van der Waals surface area contributed by atoms with Crippen molar-refractivity contribution >= 4 is 0 Å². The fraction of sp³-hybridized carbons (Fsp3) is 0.600. The molecule has 2 nitrogen and oxygen atoms in total. The molecule has 0 radical (unpaired) electrons. The van der Waals surface area contributed by atoms with Gasteiger partial charge in [-0.2, -0.15) is 0 Å². The molecule has 1 aromatic carbocycles. The number of likely N-dealkylation sites (N-methyl/N-ethyl adjacent to an activating group) is 1. The first kappa shape index (κ1) is 14.2. The van der Waals surface area contributed by atoms with Gasteiger partial charge in [0.15, 0.2) is 0 Å². The Morgan fingerprint density at radius 2 is 1.47 bits per heavy atom. The van der Waals surface area contributed by atoms with Gasteiger partial charge in [0, 0.05) is 12.6 Å². The van der Waals surface area contributed by atoms with Crippen LogP contribution in [0.5, 0.6) is 0 Å². The Bertz CT molecular complexity index is 327. The highest BCUT2D eigenvalue weighted by molar-refractivity contribution is 5.27. The van der Waals surface area contributed by atoms with Crippen molar-refractivity contribution in [3.63, 3.8) is 0 Å². The average Bonchev–Trinajstić information content (AvgIpc) is 2.29. The van der Waals surface area contributed by atoms with Gasteiger partial charge in [0.25, 0.3) is 0 Å². The summed E-state index contributed by atoms with van der Waals surface area (Å²) in [7, 11) is 4.19. The number of rotatable bonds is 5. The van der Waals surface area contributed by atoms with E-state index in [9.17, 15) is 0 Å². The molecular weight excluding hydrogens is 208 g/mol. The van der Waals surface area contributed by atoms with Crippen LogP contribution in [-0.4, -0.2) is 31.6 Å². The van der Waals surface area contributed by atoms with Crippen molar-refractivity contribution in [2.24, 2.45) is 5.73 Å². The largest absolute Gasteiger partial charge is 0.329 e. The van der Waals surface area contributed by atoms with Gasteiger partial charge >= 0.3 is 0 Å². The molecule has 0 heterocycles. The molecule has 0 bridgehead atoms. The molecule has 2 N–H and O–H groups in total. The van der Waals surface area contributed by atoms with E-state index in [1.807, 2.05) is 0 Å². The van der Waals surface area contributed by atoms with Gasteiger partial charge in [0.1, 0.15) is 0 Å². The molecule has 1 rings (SSSR count). The van der Waals surface area contributed by atoms with Crippen molar-refractivity contribution in [1.29, 1.82) is 0 Å². The van der Waals surface area contributed by atoms with E-state index in [1.165, 1.54) is 11.1 Å². The summed E-state index contributed by atoms with van der Waals surface area (Å²) in [6.45, 7) is 7.39. The Labute approximate surface area is 106 Å². The molecule has 0 aromatic heterocycles. The smallest absolute Gasteiger partial charge is 0.0278 e. The Balaban J connectivity index is 2.85. The van der Waals surface area contributed by atoms with Crippen LogP contribution in [0.15, 0.2) is 24.3 Å². The van der Waals surface area contributed by atoms with E-state index in [0.717, 1.165) is 0 Å². The Kier molecular flexibility index (Phi) is 5.16. The van der Waals surface area contributed by atoms with E-state index in [4.69, 9.17) is 5.73 Å². The fourth-order valence-electron chi connectivity index (χ4n) is 2.27. The standard InChI is InChI=1S/C15H26N2/c1-11(2)13-6-8-14(9-7-13)12(3)15(10-16)17(4)5/h6-9,11-12,15H,10,16H2,1-5H3. The normalized spacial score (nSPS) is 15.3. The highest BCUT2D eigenvalue weighted by atomic mass is 15.1. The van der Waals surface area contributed by atoms with Gasteiger partial charge in [-0.1, -0.05) is 45.0 Å². The van der Waals surface area contributed by atoms with E-state index >= 15 is 0 Å². The summed E-state index contributed by atoms with van der Waals surface area (Å²) < 4.78 is 0. The van der Waals surface area contributed by atoms with Crippen molar-refractivity contribution in [2.45, 2.75) is 38.6 Å². The van der Waals surface area contributed by atoms with Gasteiger partial charge in [-0.3, -0.25) is 0 Å². The topological polar surface area (TPSA) is 29.3 Å². The summed E-state index contributed by atoms with van der Waals surface area (Å²) >= 11 is 0. The molecule has 0 aliphatic rings. The first-order valence-corrected chi connectivity index (χ1v) is 6.43. The summed E-state index contributed by atoms with van der Waals surface area (Å²) in [5.41, 5.74) is 8.62. The maximum absolute atomic E-state index is 5.85. The number of nitrogens with zero attached hydrogens (tertiary/aromatic N) is 1. The number of hydrogen-bond acceptors (Lipinski definition) is 2. The van der Waals surface area contributed by atoms with Crippen LogP contribution >= 0.6 is 0 Å². The Morgan fingerprint density at radius 3 is 1.82 bits per heavy atom. The minimum atomic E-state index is 0.403. The molecule has 0 fully saturated rings. The van der Waals surface area contributed by atoms with Gasteiger partial charge in [0.05, 0.1) is 0 Å². The van der Waals surface area contributed by atoms with Crippen LogP contribution in [0.1, 0.15) is 43.7 Å². The van der Waals surface area contributed by atoms with Crippen LogP contribution in [0, 0.1) is 0 Å². The zero-order chi connectivity index (χ0) is 13.0. The number of benzene rings is 1. The van der Waals surface area contributed by atoms with Gasteiger partial charge in [-0.05, 0) is 37.1 Å². The molecule has 0 saturated carbocycles. The molecule has 17 heavy (non-hydrogen) atoms. The summed E-state index contributed by atoms with van der Waals surface area (Å²) in [5.74, 6) is 1.06. The maximum atomic E-state index is 5.85. The van der Waals surface area contributed by atoms with E-state index in [0.29, 0.717) is 24.4 Å². The number of hydrogen-bond donors (Lipinski definition) is 1. The SMILES string of the molecule is CC(C)c1ccc(C(C)C(CN)N(C)C)cc1. The van der Waals surface area contributed by atoms with Crippen molar-refractivity contribution in [3.8, 4) is 0 Å². The van der Waals surface area contributed by atoms with Crippen molar-refractivity contribution in [1.82, 2.24) is 4.90 Å².